The number of halogens is 1. The second-order valence-corrected chi connectivity index (χ2v) is 4.31. The highest BCUT2D eigenvalue weighted by molar-refractivity contribution is 5.47. The van der Waals surface area contributed by atoms with Gasteiger partial charge in [-0.3, -0.25) is 4.98 Å². The Kier molecular flexibility index (Phi) is 4.47. The van der Waals surface area contributed by atoms with Gasteiger partial charge in [-0.25, -0.2) is 4.39 Å². The topological polar surface area (TPSA) is 42.2 Å². The first-order valence-corrected chi connectivity index (χ1v) is 6.38. The third-order valence-electron chi connectivity index (χ3n) is 3.09. The standard InChI is InChI=1S/C15H18FN3/c1-2-19(14-7-3-6-13(16)9-14)11-12-5-4-8-18-15(12)10-17/h3-9H,2,10-11,17H2,1H3. The Labute approximate surface area is 112 Å². The number of anilines is 1. The van der Waals surface area contributed by atoms with Crippen molar-refractivity contribution >= 4 is 5.69 Å². The van der Waals surface area contributed by atoms with E-state index in [0.717, 1.165) is 23.5 Å². The average Bonchev–Trinajstić information content (AvgIpc) is 2.45. The zero-order valence-corrected chi connectivity index (χ0v) is 11.0. The smallest absolute Gasteiger partial charge is 0.125 e. The molecule has 0 fully saturated rings. The van der Waals surface area contributed by atoms with Crippen LogP contribution in [0.15, 0.2) is 42.6 Å². The van der Waals surface area contributed by atoms with Crippen LogP contribution in [0.3, 0.4) is 0 Å². The second kappa shape index (κ2) is 6.29. The molecule has 0 aliphatic rings. The van der Waals surface area contributed by atoms with Gasteiger partial charge in [0, 0.05) is 31.5 Å². The lowest BCUT2D eigenvalue weighted by Gasteiger charge is -2.24. The number of hydrogen-bond donors (Lipinski definition) is 1. The van der Waals surface area contributed by atoms with Crippen molar-refractivity contribution in [3.8, 4) is 0 Å². The van der Waals surface area contributed by atoms with Crippen LogP contribution in [0, 0.1) is 5.82 Å². The first kappa shape index (κ1) is 13.5. The van der Waals surface area contributed by atoms with Crippen molar-refractivity contribution in [2.75, 3.05) is 11.4 Å². The Bertz CT molecular complexity index is 542. The Morgan fingerprint density at radius 3 is 2.79 bits per heavy atom. The summed E-state index contributed by atoms with van der Waals surface area (Å²) in [6, 6.07) is 10.5. The van der Waals surface area contributed by atoms with E-state index in [-0.39, 0.29) is 5.82 Å². The molecule has 0 aliphatic heterocycles. The minimum atomic E-state index is -0.221. The zero-order valence-electron chi connectivity index (χ0n) is 11.0. The summed E-state index contributed by atoms with van der Waals surface area (Å²) in [5.74, 6) is -0.221. The molecule has 1 heterocycles. The molecule has 19 heavy (non-hydrogen) atoms. The number of hydrogen-bond acceptors (Lipinski definition) is 3. The van der Waals surface area contributed by atoms with Crippen molar-refractivity contribution in [2.24, 2.45) is 5.73 Å². The molecule has 3 nitrogen and oxygen atoms in total. The van der Waals surface area contributed by atoms with Gasteiger partial charge in [-0.05, 0) is 36.8 Å². The summed E-state index contributed by atoms with van der Waals surface area (Å²) in [6.45, 7) is 3.93. The average molecular weight is 259 g/mol. The predicted molar refractivity (Wildman–Crippen MR) is 75.3 cm³/mol. The van der Waals surface area contributed by atoms with Gasteiger partial charge in [-0.2, -0.15) is 0 Å². The van der Waals surface area contributed by atoms with Crippen LogP contribution in [0.25, 0.3) is 0 Å². The third-order valence-corrected chi connectivity index (χ3v) is 3.09. The highest BCUT2D eigenvalue weighted by atomic mass is 19.1. The molecule has 2 aromatic rings. The highest BCUT2D eigenvalue weighted by Gasteiger charge is 2.09. The van der Waals surface area contributed by atoms with Crippen molar-refractivity contribution in [1.82, 2.24) is 4.98 Å². The zero-order chi connectivity index (χ0) is 13.7. The summed E-state index contributed by atoms with van der Waals surface area (Å²) >= 11 is 0. The van der Waals surface area contributed by atoms with Crippen molar-refractivity contribution < 1.29 is 4.39 Å². The van der Waals surface area contributed by atoms with Gasteiger partial charge in [0.25, 0.3) is 0 Å². The van der Waals surface area contributed by atoms with Gasteiger partial charge in [0.15, 0.2) is 0 Å². The summed E-state index contributed by atoms with van der Waals surface area (Å²) in [5.41, 5.74) is 8.53. The summed E-state index contributed by atoms with van der Waals surface area (Å²) in [6.07, 6.45) is 1.74. The molecule has 0 amide bonds. The van der Waals surface area contributed by atoms with Gasteiger partial charge >= 0.3 is 0 Å². The fourth-order valence-corrected chi connectivity index (χ4v) is 2.06. The van der Waals surface area contributed by atoms with Crippen LogP contribution in [0.2, 0.25) is 0 Å². The largest absolute Gasteiger partial charge is 0.367 e. The molecule has 0 aliphatic carbocycles. The maximum absolute atomic E-state index is 13.3. The molecular formula is C15H18FN3. The second-order valence-electron chi connectivity index (χ2n) is 4.31. The van der Waals surface area contributed by atoms with Crippen LogP contribution in [0.5, 0.6) is 0 Å². The number of nitrogens with zero attached hydrogens (tertiary/aromatic N) is 2. The number of rotatable bonds is 5. The fraction of sp³-hybridized carbons (Fsp3) is 0.267. The minimum Gasteiger partial charge on any atom is -0.367 e. The summed E-state index contributed by atoms with van der Waals surface area (Å²) in [5, 5.41) is 0. The van der Waals surface area contributed by atoms with E-state index >= 15 is 0 Å². The molecule has 0 atom stereocenters. The maximum atomic E-state index is 13.3. The van der Waals surface area contributed by atoms with Crippen molar-refractivity contribution in [3.63, 3.8) is 0 Å². The lowest BCUT2D eigenvalue weighted by atomic mass is 10.1. The first-order valence-electron chi connectivity index (χ1n) is 6.38. The third kappa shape index (κ3) is 3.29. The molecule has 0 bridgehead atoms. The van der Waals surface area contributed by atoms with Crippen LogP contribution in [0.1, 0.15) is 18.2 Å². The van der Waals surface area contributed by atoms with Crippen molar-refractivity contribution in [2.45, 2.75) is 20.0 Å². The molecule has 2 rings (SSSR count). The van der Waals surface area contributed by atoms with E-state index in [1.165, 1.54) is 6.07 Å². The van der Waals surface area contributed by atoms with Gasteiger partial charge in [-0.15, -0.1) is 0 Å². The van der Waals surface area contributed by atoms with Crippen molar-refractivity contribution in [1.29, 1.82) is 0 Å². The Hall–Kier alpha value is -1.94. The van der Waals surface area contributed by atoms with Crippen molar-refractivity contribution in [3.05, 3.63) is 59.7 Å². The molecule has 1 aromatic heterocycles. The summed E-state index contributed by atoms with van der Waals surface area (Å²) in [4.78, 5) is 6.37. The van der Waals surface area contributed by atoms with Gasteiger partial charge in [0.05, 0.1) is 5.69 Å². The van der Waals surface area contributed by atoms with Gasteiger partial charge < -0.3 is 10.6 Å². The summed E-state index contributed by atoms with van der Waals surface area (Å²) < 4.78 is 13.3. The molecule has 4 heteroatoms. The Balaban J connectivity index is 2.24. The van der Waals surface area contributed by atoms with Crippen LogP contribution < -0.4 is 10.6 Å². The maximum Gasteiger partial charge on any atom is 0.125 e. The van der Waals surface area contributed by atoms with E-state index in [9.17, 15) is 4.39 Å². The molecule has 0 spiro atoms. The first-order chi connectivity index (χ1) is 9.24. The van der Waals surface area contributed by atoms with E-state index in [1.54, 1.807) is 18.3 Å². The molecule has 0 unspecified atom stereocenters. The van der Waals surface area contributed by atoms with E-state index in [0.29, 0.717) is 13.1 Å². The molecule has 0 radical (unpaired) electrons. The van der Waals surface area contributed by atoms with E-state index in [4.69, 9.17) is 5.73 Å². The number of pyridine rings is 1. The molecule has 0 saturated heterocycles. The number of benzene rings is 1. The van der Waals surface area contributed by atoms with E-state index in [2.05, 4.69) is 9.88 Å². The van der Waals surface area contributed by atoms with Gasteiger partial charge in [-0.1, -0.05) is 12.1 Å². The van der Waals surface area contributed by atoms with Crippen LogP contribution >= 0.6 is 0 Å². The van der Waals surface area contributed by atoms with Crippen LogP contribution in [0.4, 0.5) is 10.1 Å². The number of nitrogens with two attached hydrogens (primary N) is 1. The molecule has 100 valence electrons. The lowest BCUT2D eigenvalue weighted by Crippen LogP contribution is -2.23. The predicted octanol–water partition coefficient (Wildman–Crippen LogP) is 2.71. The van der Waals surface area contributed by atoms with E-state index in [1.807, 2.05) is 25.1 Å². The number of aromatic nitrogens is 1. The minimum absolute atomic E-state index is 0.221. The fourth-order valence-electron chi connectivity index (χ4n) is 2.06. The van der Waals surface area contributed by atoms with E-state index < -0.39 is 0 Å². The molecule has 1 aromatic carbocycles. The molecule has 2 N–H and O–H groups in total. The monoisotopic (exact) mass is 259 g/mol. The Morgan fingerprint density at radius 1 is 1.26 bits per heavy atom. The highest BCUT2D eigenvalue weighted by Crippen LogP contribution is 2.19. The normalized spacial score (nSPS) is 10.5. The molecular weight excluding hydrogens is 241 g/mol. The lowest BCUT2D eigenvalue weighted by molar-refractivity contribution is 0.626. The SMILES string of the molecule is CCN(Cc1cccnc1CN)c1cccc(F)c1. The Morgan fingerprint density at radius 2 is 2.11 bits per heavy atom. The van der Waals surface area contributed by atoms with Gasteiger partial charge in [0.1, 0.15) is 5.82 Å². The summed E-state index contributed by atoms with van der Waals surface area (Å²) in [7, 11) is 0. The van der Waals surface area contributed by atoms with Gasteiger partial charge in [0.2, 0.25) is 0 Å². The quantitative estimate of drug-likeness (QED) is 0.897. The molecule has 0 saturated carbocycles. The van der Waals surface area contributed by atoms with Crippen LogP contribution in [-0.2, 0) is 13.1 Å². The van der Waals surface area contributed by atoms with Crippen LogP contribution in [-0.4, -0.2) is 11.5 Å².